The molecule has 158 valence electrons. The van der Waals surface area contributed by atoms with E-state index in [0.29, 0.717) is 24.5 Å². The van der Waals surface area contributed by atoms with Crippen LogP contribution in [0.25, 0.3) is 0 Å². The van der Waals surface area contributed by atoms with Crippen LogP contribution in [0.5, 0.6) is 5.75 Å². The number of aryl methyl sites for hydroxylation is 1. The fourth-order valence-electron chi connectivity index (χ4n) is 3.01. The van der Waals surface area contributed by atoms with Crippen molar-refractivity contribution in [1.82, 2.24) is 4.31 Å². The predicted molar refractivity (Wildman–Crippen MR) is 116 cm³/mol. The van der Waals surface area contributed by atoms with Gasteiger partial charge in [0.25, 0.3) is 0 Å². The Morgan fingerprint density at radius 3 is 2.34 bits per heavy atom. The van der Waals surface area contributed by atoms with E-state index in [2.05, 4.69) is 5.32 Å². The lowest BCUT2D eigenvalue weighted by Crippen LogP contribution is -2.30. The second-order valence-electron chi connectivity index (χ2n) is 7.07. The van der Waals surface area contributed by atoms with E-state index in [9.17, 15) is 13.2 Å². The third-order valence-electron chi connectivity index (χ3n) is 4.54. The molecule has 0 unspecified atom stereocenters. The number of carbonyl (C=O) groups excluding carboxylic acids is 1. The summed E-state index contributed by atoms with van der Waals surface area (Å²) in [4.78, 5) is 12.8. The number of nitrogens with one attached hydrogen (secondary N) is 1. The molecule has 1 amide bonds. The number of hydrogen-bond acceptors (Lipinski definition) is 4. The number of sulfonamides is 1. The molecule has 6 nitrogen and oxygen atoms in total. The van der Waals surface area contributed by atoms with Gasteiger partial charge < -0.3 is 10.1 Å². The molecule has 1 N–H and O–H groups in total. The maximum Gasteiger partial charge on any atom is 0.243 e. The van der Waals surface area contributed by atoms with Gasteiger partial charge in [0, 0.05) is 13.1 Å². The van der Waals surface area contributed by atoms with Gasteiger partial charge in [-0.2, -0.15) is 4.31 Å². The van der Waals surface area contributed by atoms with Crippen molar-refractivity contribution >= 4 is 21.6 Å². The van der Waals surface area contributed by atoms with Crippen LogP contribution < -0.4 is 10.1 Å². The Kier molecular flexibility index (Phi) is 7.81. The molecule has 0 radical (unpaired) electrons. The molecular weight excluding hydrogens is 388 g/mol. The summed E-state index contributed by atoms with van der Waals surface area (Å²) in [7, 11) is -3.64. The maximum absolute atomic E-state index is 12.9. The number of benzene rings is 2. The van der Waals surface area contributed by atoms with Crippen LogP contribution >= 0.6 is 0 Å². The van der Waals surface area contributed by atoms with Crippen molar-refractivity contribution < 1.29 is 17.9 Å². The molecule has 0 saturated carbocycles. The molecule has 2 rings (SSSR count). The minimum atomic E-state index is -3.64. The Morgan fingerprint density at radius 2 is 1.76 bits per heavy atom. The average molecular weight is 419 g/mol. The lowest BCUT2D eigenvalue weighted by Gasteiger charge is -2.20. The maximum atomic E-state index is 12.9. The Balaban J connectivity index is 2.36. The number of amides is 1. The lowest BCUT2D eigenvalue weighted by molar-refractivity contribution is -0.115. The van der Waals surface area contributed by atoms with E-state index in [1.807, 2.05) is 45.0 Å². The highest BCUT2D eigenvalue weighted by atomic mass is 32.2. The van der Waals surface area contributed by atoms with Crippen LogP contribution in [0.4, 0.5) is 5.69 Å². The Hall–Kier alpha value is -2.38. The number of rotatable bonds is 9. The first-order valence-electron chi connectivity index (χ1n) is 9.84. The van der Waals surface area contributed by atoms with Gasteiger partial charge in [-0.3, -0.25) is 4.79 Å². The van der Waals surface area contributed by atoms with Crippen molar-refractivity contribution in [3.8, 4) is 5.75 Å². The fraction of sp³-hybridized carbons (Fsp3) is 0.409. The fourth-order valence-corrected chi connectivity index (χ4v) is 4.50. The number of ether oxygens (including phenoxy) is 1. The predicted octanol–water partition coefficient (Wildman–Crippen LogP) is 3.99. The van der Waals surface area contributed by atoms with Crippen LogP contribution in [0.1, 0.15) is 38.8 Å². The van der Waals surface area contributed by atoms with Gasteiger partial charge in [-0.05, 0) is 50.1 Å². The van der Waals surface area contributed by atoms with Gasteiger partial charge in [0.2, 0.25) is 15.9 Å². The van der Waals surface area contributed by atoms with E-state index in [0.717, 1.165) is 11.1 Å². The zero-order chi connectivity index (χ0) is 21.6. The van der Waals surface area contributed by atoms with Gasteiger partial charge >= 0.3 is 0 Å². The average Bonchev–Trinajstić information content (AvgIpc) is 2.65. The summed E-state index contributed by atoms with van der Waals surface area (Å²) in [5.74, 6) is 0.210. The molecule has 7 heteroatoms. The summed E-state index contributed by atoms with van der Waals surface area (Å²) >= 11 is 0. The second kappa shape index (κ2) is 9.89. The Bertz CT molecular complexity index is 951. The summed E-state index contributed by atoms with van der Waals surface area (Å²) in [6.07, 6.45) is 0.0770. The normalized spacial score (nSPS) is 11.7. The highest BCUT2D eigenvalue weighted by molar-refractivity contribution is 7.89. The van der Waals surface area contributed by atoms with Crippen LogP contribution in [-0.2, 0) is 21.2 Å². The van der Waals surface area contributed by atoms with E-state index in [1.165, 1.54) is 16.4 Å². The third-order valence-corrected chi connectivity index (χ3v) is 6.59. The van der Waals surface area contributed by atoms with Crippen molar-refractivity contribution in [2.75, 3.05) is 18.4 Å². The first-order chi connectivity index (χ1) is 13.7. The zero-order valence-corrected chi connectivity index (χ0v) is 18.5. The van der Waals surface area contributed by atoms with E-state index in [4.69, 9.17) is 4.74 Å². The van der Waals surface area contributed by atoms with Crippen molar-refractivity contribution in [3.05, 3.63) is 53.6 Å². The topological polar surface area (TPSA) is 75.7 Å². The van der Waals surface area contributed by atoms with Crippen LogP contribution in [0.15, 0.2) is 47.4 Å². The van der Waals surface area contributed by atoms with Crippen molar-refractivity contribution in [1.29, 1.82) is 0 Å². The largest absolute Gasteiger partial charge is 0.489 e. The van der Waals surface area contributed by atoms with E-state index < -0.39 is 10.0 Å². The molecular formula is C22H30N2O4S. The van der Waals surface area contributed by atoms with E-state index in [-0.39, 0.29) is 23.3 Å². The molecule has 0 aliphatic rings. The highest BCUT2D eigenvalue weighted by Gasteiger charge is 2.23. The van der Waals surface area contributed by atoms with Crippen molar-refractivity contribution in [2.45, 2.75) is 52.0 Å². The van der Waals surface area contributed by atoms with Gasteiger partial charge in [0.1, 0.15) is 5.75 Å². The molecule has 0 aromatic heterocycles. The summed E-state index contributed by atoms with van der Waals surface area (Å²) in [6.45, 7) is 10.0. The minimum absolute atomic E-state index is 0.118. The van der Waals surface area contributed by atoms with Crippen molar-refractivity contribution in [2.24, 2.45) is 0 Å². The molecule has 0 atom stereocenters. The van der Waals surface area contributed by atoms with Crippen LogP contribution in [0, 0.1) is 6.92 Å². The molecule has 0 aliphatic carbocycles. The van der Waals surface area contributed by atoms with Gasteiger partial charge in [0.15, 0.2) is 0 Å². The van der Waals surface area contributed by atoms with Crippen molar-refractivity contribution in [3.63, 3.8) is 0 Å². The number of hydrogen-bond donors (Lipinski definition) is 1. The van der Waals surface area contributed by atoms with Crippen LogP contribution in [0.2, 0.25) is 0 Å². The molecule has 0 saturated heterocycles. The smallest absolute Gasteiger partial charge is 0.243 e. The monoisotopic (exact) mass is 418 g/mol. The third kappa shape index (κ3) is 5.81. The first kappa shape index (κ1) is 22.9. The second-order valence-corrected chi connectivity index (χ2v) is 9.00. The highest BCUT2D eigenvalue weighted by Crippen LogP contribution is 2.30. The summed E-state index contributed by atoms with van der Waals surface area (Å²) in [5.41, 5.74) is 2.30. The Labute approximate surface area is 173 Å². The Morgan fingerprint density at radius 1 is 1.10 bits per heavy atom. The molecule has 0 bridgehead atoms. The summed E-state index contributed by atoms with van der Waals surface area (Å²) in [6, 6.07) is 12.3. The van der Waals surface area contributed by atoms with Gasteiger partial charge in [-0.25, -0.2) is 8.42 Å². The molecule has 0 heterocycles. The molecule has 2 aromatic rings. The van der Waals surface area contributed by atoms with E-state index >= 15 is 0 Å². The van der Waals surface area contributed by atoms with Crippen LogP contribution in [0.3, 0.4) is 0 Å². The number of carbonyl (C=O) groups is 1. The molecule has 2 aromatic carbocycles. The number of anilines is 1. The quantitative estimate of drug-likeness (QED) is 0.668. The SMILES string of the molecule is CCN(CC)S(=O)(=O)c1ccc(OC(C)C)c(NC(=O)Cc2ccccc2C)c1. The lowest BCUT2D eigenvalue weighted by atomic mass is 10.1. The minimum Gasteiger partial charge on any atom is -0.489 e. The molecule has 0 aliphatic heterocycles. The van der Waals surface area contributed by atoms with Gasteiger partial charge in [0.05, 0.1) is 23.1 Å². The van der Waals surface area contributed by atoms with E-state index in [1.54, 1.807) is 19.9 Å². The zero-order valence-electron chi connectivity index (χ0n) is 17.7. The summed E-state index contributed by atoms with van der Waals surface area (Å²) in [5, 5.41) is 2.83. The van der Waals surface area contributed by atoms with Gasteiger partial charge in [-0.15, -0.1) is 0 Å². The first-order valence-corrected chi connectivity index (χ1v) is 11.3. The van der Waals surface area contributed by atoms with Gasteiger partial charge in [-0.1, -0.05) is 38.1 Å². The standard InChI is InChI=1S/C22H30N2O4S/c1-6-24(7-2)29(26,27)19-12-13-21(28-16(3)4)20(15-19)23-22(25)14-18-11-9-8-10-17(18)5/h8-13,15-16H,6-7,14H2,1-5H3,(H,23,25). The molecule has 0 fully saturated rings. The number of nitrogens with zero attached hydrogens (tertiary/aromatic N) is 1. The van der Waals surface area contributed by atoms with Crippen LogP contribution in [-0.4, -0.2) is 37.8 Å². The molecule has 29 heavy (non-hydrogen) atoms. The summed E-state index contributed by atoms with van der Waals surface area (Å²) < 4.78 is 32.9. The molecule has 0 spiro atoms.